The molecule has 0 atom stereocenters. The maximum Gasteiger partial charge on any atom is 0.0427 e. The van der Waals surface area contributed by atoms with Crippen molar-refractivity contribution in [1.82, 2.24) is 4.90 Å². The minimum absolute atomic E-state index is 0.963. The van der Waals surface area contributed by atoms with E-state index in [4.69, 9.17) is 0 Å². The number of rotatable bonds is 18. The summed E-state index contributed by atoms with van der Waals surface area (Å²) >= 11 is 0. The molecule has 1 heteroatoms. The Kier molecular flexibility index (Phi) is 14.4. The minimum Gasteiger partial charge on any atom is -0.369 e. The average Bonchev–Trinajstić information content (AvgIpc) is 2.80. The van der Waals surface area contributed by atoms with E-state index in [1.165, 1.54) is 94.6 Å². The number of allylic oxidation sites excluding steroid dienone is 1. The van der Waals surface area contributed by atoms with Crippen LogP contribution in [-0.4, -0.2) is 4.90 Å². The molecule has 0 fully saturated rings. The van der Waals surface area contributed by atoms with Gasteiger partial charge in [0, 0.05) is 13.1 Å². The van der Waals surface area contributed by atoms with E-state index in [2.05, 4.69) is 84.8 Å². The third-order valence-electron chi connectivity index (χ3n) is 6.00. The van der Waals surface area contributed by atoms with E-state index in [1.807, 2.05) is 0 Å². The summed E-state index contributed by atoms with van der Waals surface area (Å²) in [5.41, 5.74) is 2.74. The molecule has 0 aliphatic carbocycles. The zero-order valence-corrected chi connectivity index (χ0v) is 20.0. The van der Waals surface area contributed by atoms with Crippen molar-refractivity contribution in [3.8, 4) is 0 Å². The van der Waals surface area contributed by atoms with Gasteiger partial charge in [0.2, 0.25) is 0 Å². The SMILES string of the molecule is CCCCCCCCCCCCCC/C=C\N(Cc1ccccc1)Cc1ccccc1. The Morgan fingerprint density at radius 1 is 0.548 bits per heavy atom. The summed E-state index contributed by atoms with van der Waals surface area (Å²) in [4.78, 5) is 2.44. The molecule has 0 heterocycles. The molecule has 2 rings (SSSR count). The number of nitrogens with zero attached hydrogens (tertiary/aromatic N) is 1. The maximum absolute atomic E-state index is 2.44. The van der Waals surface area contributed by atoms with Crippen molar-refractivity contribution >= 4 is 0 Å². The van der Waals surface area contributed by atoms with Gasteiger partial charge in [0.05, 0.1) is 0 Å². The predicted molar refractivity (Wildman–Crippen MR) is 137 cm³/mol. The Morgan fingerprint density at radius 3 is 1.42 bits per heavy atom. The van der Waals surface area contributed by atoms with Crippen LogP contribution < -0.4 is 0 Å². The van der Waals surface area contributed by atoms with Crippen molar-refractivity contribution in [2.75, 3.05) is 0 Å². The summed E-state index contributed by atoms with van der Waals surface area (Å²) in [7, 11) is 0. The Morgan fingerprint density at radius 2 is 0.968 bits per heavy atom. The van der Waals surface area contributed by atoms with Gasteiger partial charge in [-0.2, -0.15) is 0 Å². The zero-order valence-electron chi connectivity index (χ0n) is 20.0. The number of hydrogen-bond acceptors (Lipinski definition) is 1. The summed E-state index contributed by atoms with van der Waals surface area (Å²) in [6.45, 7) is 4.22. The van der Waals surface area contributed by atoms with Crippen molar-refractivity contribution in [2.24, 2.45) is 0 Å². The largest absolute Gasteiger partial charge is 0.369 e. The van der Waals surface area contributed by atoms with Crippen molar-refractivity contribution in [3.05, 3.63) is 84.1 Å². The number of unbranched alkanes of at least 4 members (excludes halogenated alkanes) is 12. The van der Waals surface area contributed by atoms with Gasteiger partial charge >= 0.3 is 0 Å². The van der Waals surface area contributed by atoms with Crippen LogP contribution in [0, 0.1) is 0 Å². The predicted octanol–water partition coefficient (Wildman–Crippen LogP) is 9.29. The first-order chi connectivity index (χ1) is 15.4. The van der Waals surface area contributed by atoms with Gasteiger partial charge < -0.3 is 4.90 Å². The molecule has 0 bridgehead atoms. The molecule has 0 amide bonds. The highest BCUT2D eigenvalue weighted by Gasteiger charge is 2.02. The van der Waals surface area contributed by atoms with Gasteiger partial charge in [0.1, 0.15) is 0 Å². The smallest absolute Gasteiger partial charge is 0.0427 e. The summed E-state index contributed by atoms with van der Waals surface area (Å²) in [6.07, 6.45) is 22.9. The van der Waals surface area contributed by atoms with Crippen molar-refractivity contribution in [1.29, 1.82) is 0 Å². The standard InChI is InChI=1S/C30H45N/c1-2-3-4-5-6-7-8-9-10-11-12-13-14-21-26-31(27-29-22-17-15-18-23-29)28-30-24-19-16-20-25-30/h15-26H,2-14,27-28H2,1H3/b26-21-. The Labute approximate surface area is 192 Å². The van der Waals surface area contributed by atoms with Gasteiger partial charge in [-0.3, -0.25) is 0 Å². The first-order valence-electron chi connectivity index (χ1n) is 12.9. The lowest BCUT2D eigenvalue weighted by Gasteiger charge is -2.21. The quantitative estimate of drug-likeness (QED) is 0.218. The Bertz CT molecular complexity index is 620. The second-order valence-corrected chi connectivity index (χ2v) is 8.94. The fourth-order valence-electron chi connectivity index (χ4n) is 4.12. The molecule has 2 aromatic rings. The lowest BCUT2D eigenvalue weighted by molar-refractivity contribution is 0.360. The van der Waals surface area contributed by atoms with E-state index in [1.54, 1.807) is 0 Å². The molecule has 0 aliphatic rings. The van der Waals surface area contributed by atoms with E-state index in [0.717, 1.165) is 13.1 Å². The van der Waals surface area contributed by atoms with Crippen LogP contribution in [0.15, 0.2) is 72.9 Å². The molecular weight excluding hydrogens is 374 g/mol. The van der Waals surface area contributed by atoms with Crippen LogP contribution in [0.4, 0.5) is 0 Å². The highest BCUT2D eigenvalue weighted by Crippen LogP contribution is 2.14. The first-order valence-corrected chi connectivity index (χ1v) is 12.9. The van der Waals surface area contributed by atoms with E-state index >= 15 is 0 Å². The van der Waals surface area contributed by atoms with Gasteiger partial charge in [-0.1, -0.05) is 144 Å². The number of benzene rings is 2. The van der Waals surface area contributed by atoms with Crippen LogP contribution in [0.25, 0.3) is 0 Å². The van der Waals surface area contributed by atoms with Gasteiger partial charge in [0.15, 0.2) is 0 Å². The summed E-state index contributed by atoms with van der Waals surface area (Å²) in [5.74, 6) is 0. The molecule has 0 aliphatic heterocycles. The second kappa shape index (κ2) is 17.6. The lowest BCUT2D eigenvalue weighted by Crippen LogP contribution is -2.16. The van der Waals surface area contributed by atoms with Gasteiger partial charge in [-0.25, -0.2) is 0 Å². The third-order valence-corrected chi connectivity index (χ3v) is 6.00. The Balaban J connectivity index is 1.58. The molecule has 2 aromatic carbocycles. The topological polar surface area (TPSA) is 3.24 Å². The summed E-state index contributed by atoms with van der Waals surface area (Å²) in [6, 6.07) is 21.6. The molecule has 0 unspecified atom stereocenters. The van der Waals surface area contributed by atoms with Gasteiger partial charge in [-0.05, 0) is 30.2 Å². The molecule has 31 heavy (non-hydrogen) atoms. The van der Waals surface area contributed by atoms with Crippen molar-refractivity contribution in [3.63, 3.8) is 0 Å². The molecular formula is C30H45N. The lowest BCUT2D eigenvalue weighted by atomic mass is 10.0. The van der Waals surface area contributed by atoms with Crippen LogP contribution >= 0.6 is 0 Å². The van der Waals surface area contributed by atoms with Crippen LogP contribution in [0.5, 0.6) is 0 Å². The normalized spacial score (nSPS) is 11.3. The van der Waals surface area contributed by atoms with Gasteiger partial charge in [-0.15, -0.1) is 0 Å². The molecule has 1 nitrogen and oxygen atoms in total. The Hall–Kier alpha value is -2.02. The molecule has 0 saturated heterocycles. The van der Waals surface area contributed by atoms with Crippen molar-refractivity contribution < 1.29 is 0 Å². The van der Waals surface area contributed by atoms with Crippen LogP contribution in [0.1, 0.15) is 102 Å². The van der Waals surface area contributed by atoms with E-state index in [-0.39, 0.29) is 0 Å². The average molecular weight is 420 g/mol. The monoisotopic (exact) mass is 419 g/mol. The molecule has 0 aromatic heterocycles. The molecule has 170 valence electrons. The third kappa shape index (κ3) is 13.1. The fourth-order valence-corrected chi connectivity index (χ4v) is 4.12. The minimum atomic E-state index is 0.963. The second-order valence-electron chi connectivity index (χ2n) is 8.94. The molecule has 0 spiro atoms. The van der Waals surface area contributed by atoms with Gasteiger partial charge in [0.25, 0.3) is 0 Å². The van der Waals surface area contributed by atoms with Crippen molar-refractivity contribution in [2.45, 2.75) is 103 Å². The highest BCUT2D eigenvalue weighted by molar-refractivity contribution is 5.17. The van der Waals surface area contributed by atoms with E-state index in [9.17, 15) is 0 Å². The zero-order chi connectivity index (χ0) is 21.8. The summed E-state index contributed by atoms with van der Waals surface area (Å²) < 4.78 is 0. The molecule has 0 radical (unpaired) electrons. The number of hydrogen-bond donors (Lipinski definition) is 0. The molecule has 0 saturated carbocycles. The van der Waals surface area contributed by atoms with E-state index < -0.39 is 0 Å². The summed E-state index contributed by atoms with van der Waals surface area (Å²) in [5, 5.41) is 0. The maximum atomic E-state index is 2.44. The first kappa shape index (κ1) is 25.2. The highest BCUT2D eigenvalue weighted by atomic mass is 15.1. The fraction of sp³-hybridized carbons (Fsp3) is 0.533. The van der Waals surface area contributed by atoms with Crippen LogP contribution in [0.2, 0.25) is 0 Å². The van der Waals surface area contributed by atoms with E-state index in [0.29, 0.717) is 0 Å². The van der Waals surface area contributed by atoms with Crippen LogP contribution in [0.3, 0.4) is 0 Å². The van der Waals surface area contributed by atoms with Crippen LogP contribution in [-0.2, 0) is 13.1 Å². The molecule has 0 N–H and O–H groups in total.